The van der Waals surface area contributed by atoms with Crippen molar-refractivity contribution in [2.24, 2.45) is 5.92 Å². The Morgan fingerprint density at radius 2 is 1.80 bits per heavy atom. The number of aliphatic hydroxyl groups excluding tert-OH is 1. The second-order valence-corrected chi connectivity index (χ2v) is 12.6. The van der Waals surface area contributed by atoms with Gasteiger partial charge in [0, 0.05) is 0 Å². The zero-order chi connectivity index (χ0) is 28.1. The van der Waals surface area contributed by atoms with Crippen LogP contribution in [0.5, 0.6) is 0 Å². The van der Waals surface area contributed by atoms with Crippen LogP contribution in [0.15, 0.2) is 59.5 Å². The molecule has 11 heteroatoms. The molecule has 5 rings (SSSR count). The minimum atomic E-state index is -4.09. The number of hydroxylamine groups is 1. The summed E-state index contributed by atoms with van der Waals surface area (Å²) in [6, 6.07) is 15.0. The van der Waals surface area contributed by atoms with E-state index in [1.807, 2.05) is 37.3 Å². The average molecular weight is 575 g/mol. The monoisotopic (exact) mass is 574 g/mol. The van der Waals surface area contributed by atoms with Gasteiger partial charge in [-0.25, -0.2) is 13.2 Å². The molecule has 1 aliphatic carbocycles. The molecule has 2 saturated heterocycles. The Kier molecular flexibility index (Phi) is 9.39. The maximum absolute atomic E-state index is 13.7. The first-order valence-electron chi connectivity index (χ1n) is 14.0. The van der Waals surface area contributed by atoms with Crippen molar-refractivity contribution >= 4 is 16.1 Å². The Morgan fingerprint density at radius 1 is 1.07 bits per heavy atom. The van der Waals surface area contributed by atoms with Crippen LogP contribution < -0.4 is 5.32 Å². The molecule has 2 aromatic rings. The summed E-state index contributed by atoms with van der Waals surface area (Å²) in [5.41, 5.74) is 1.79. The molecule has 0 aromatic heterocycles. The predicted molar refractivity (Wildman–Crippen MR) is 146 cm³/mol. The summed E-state index contributed by atoms with van der Waals surface area (Å²) >= 11 is 0. The lowest BCUT2D eigenvalue weighted by Gasteiger charge is -2.31. The second kappa shape index (κ2) is 13.0. The van der Waals surface area contributed by atoms with Gasteiger partial charge < -0.3 is 24.6 Å². The van der Waals surface area contributed by atoms with E-state index in [9.17, 15) is 18.3 Å². The van der Waals surface area contributed by atoms with Crippen LogP contribution in [0, 0.1) is 12.8 Å². The number of aliphatic hydroxyl groups is 1. The third kappa shape index (κ3) is 7.02. The Labute approximate surface area is 235 Å². The molecule has 5 atom stereocenters. The number of hydrogen-bond acceptors (Lipinski definition) is 8. The van der Waals surface area contributed by atoms with E-state index in [0.29, 0.717) is 6.61 Å². The number of aryl methyl sites for hydroxylation is 1. The molecule has 0 unspecified atom stereocenters. The van der Waals surface area contributed by atoms with Crippen LogP contribution in [0.4, 0.5) is 4.79 Å². The van der Waals surface area contributed by atoms with Gasteiger partial charge in [-0.1, -0.05) is 65.3 Å². The molecule has 2 aliphatic heterocycles. The highest BCUT2D eigenvalue weighted by Gasteiger charge is 2.44. The van der Waals surface area contributed by atoms with E-state index in [1.165, 1.54) is 12.1 Å². The van der Waals surface area contributed by atoms with E-state index >= 15 is 0 Å². The third-order valence-corrected chi connectivity index (χ3v) is 9.44. The van der Waals surface area contributed by atoms with Crippen LogP contribution in [0.25, 0.3) is 0 Å². The summed E-state index contributed by atoms with van der Waals surface area (Å²) in [6.45, 7) is 2.31. The van der Waals surface area contributed by atoms with E-state index in [1.54, 1.807) is 12.1 Å². The first-order valence-corrected chi connectivity index (χ1v) is 15.4. The second-order valence-electron chi connectivity index (χ2n) is 10.8. The van der Waals surface area contributed by atoms with Gasteiger partial charge in [0.1, 0.15) is 6.10 Å². The summed E-state index contributed by atoms with van der Waals surface area (Å²) in [5, 5.41) is 14.2. The van der Waals surface area contributed by atoms with Gasteiger partial charge in [-0.3, -0.25) is 4.84 Å². The lowest BCUT2D eigenvalue weighted by Crippen LogP contribution is -2.51. The fraction of sp³-hybridized carbons (Fsp3) is 0.552. The summed E-state index contributed by atoms with van der Waals surface area (Å²) in [6.07, 6.45) is 1.30. The number of benzene rings is 2. The molecule has 2 aromatic carbocycles. The topological polar surface area (TPSA) is 124 Å². The molecule has 0 bridgehead atoms. The molecule has 0 radical (unpaired) electrons. The number of nitrogens with zero attached hydrogens (tertiary/aromatic N) is 1. The highest BCUT2D eigenvalue weighted by atomic mass is 32.2. The summed E-state index contributed by atoms with van der Waals surface area (Å²) in [7, 11) is -4.09. The van der Waals surface area contributed by atoms with Crippen LogP contribution in [-0.2, 0) is 35.5 Å². The van der Waals surface area contributed by atoms with Gasteiger partial charge in [-0.15, -0.1) is 0 Å². The molecule has 0 spiro atoms. The molecular weight excluding hydrogens is 536 g/mol. The molecule has 3 fully saturated rings. The number of nitrogens with one attached hydrogen (secondary N) is 1. The lowest BCUT2D eigenvalue weighted by atomic mass is 10.0. The number of ether oxygens (including phenoxy) is 3. The predicted octanol–water partition coefficient (Wildman–Crippen LogP) is 3.32. The zero-order valence-electron chi connectivity index (χ0n) is 22.7. The number of rotatable bonds is 11. The van der Waals surface area contributed by atoms with Crippen LogP contribution in [0.3, 0.4) is 0 Å². The maximum atomic E-state index is 13.7. The Hall–Kier alpha value is -2.54. The third-order valence-electron chi connectivity index (χ3n) is 7.80. The van der Waals surface area contributed by atoms with Crippen LogP contribution >= 0.6 is 0 Å². The molecule has 1 saturated carbocycles. The molecule has 218 valence electrons. The Bertz CT molecular complexity index is 1220. The number of sulfonamides is 1. The number of alkyl carbamates (subject to hydrolysis) is 1. The van der Waals surface area contributed by atoms with Crippen molar-refractivity contribution in [1.29, 1.82) is 0 Å². The van der Waals surface area contributed by atoms with Gasteiger partial charge in [0.2, 0.25) is 0 Å². The van der Waals surface area contributed by atoms with Crippen molar-refractivity contribution < 1.29 is 37.4 Å². The van der Waals surface area contributed by atoms with Gasteiger partial charge >= 0.3 is 6.09 Å². The number of hydrogen-bond donors (Lipinski definition) is 2. The Morgan fingerprint density at radius 3 is 2.52 bits per heavy atom. The number of amides is 1. The number of carbonyl (C=O) groups excluding carboxylic acids is 1. The lowest BCUT2D eigenvalue weighted by molar-refractivity contribution is -0.145. The van der Waals surface area contributed by atoms with Gasteiger partial charge in [0.25, 0.3) is 10.0 Å². The van der Waals surface area contributed by atoms with E-state index in [4.69, 9.17) is 19.0 Å². The van der Waals surface area contributed by atoms with Gasteiger partial charge in [-0.05, 0) is 50.3 Å². The minimum absolute atomic E-state index is 0.0294. The number of fused-ring (bicyclic) bond motifs is 1. The summed E-state index contributed by atoms with van der Waals surface area (Å²) in [4.78, 5) is 19.1. The summed E-state index contributed by atoms with van der Waals surface area (Å²) in [5.74, 6) is -0.0294. The fourth-order valence-electron chi connectivity index (χ4n) is 5.49. The van der Waals surface area contributed by atoms with E-state index < -0.39 is 34.4 Å². The molecule has 2 N–H and O–H groups in total. The van der Waals surface area contributed by atoms with Gasteiger partial charge in [0.15, 0.2) is 6.29 Å². The molecule has 40 heavy (non-hydrogen) atoms. The average Bonchev–Trinajstić information content (AvgIpc) is 3.70. The van der Waals surface area contributed by atoms with Crippen molar-refractivity contribution in [1.82, 2.24) is 9.79 Å². The molecule has 3 aliphatic rings. The zero-order valence-corrected chi connectivity index (χ0v) is 23.5. The maximum Gasteiger partial charge on any atom is 0.407 e. The smallest absolute Gasteiger partial charge is 0.407 e. The Balaban J connectivity index is 1.33. The van der Waals surface area contributed by atoms with Crippen molar-refractivity contribution in [3.63, 3.8) is 0 Å². The standard InChI is InChI=1S/C29H38N2O8S/c1-20-11-13-23(14-12-20)40(34,35)31(39-22-9-5-6-10-22)18-26(32)25(17-21-7-3-2-4-8-21)30-29(33)38-27-19-37-28-24(27)15-16-36-28/h2-4,7-8,11-14,22,24-28,32H,5-6,9-10,15-19H2,1H3,(H,30,33)/t24-,25-,26+,27-,28+/m0/s1. The molecular formula is C29H38N2O8S. The number of carbonyl (C=O) groups is 1. The quantitative estimate of drug-likeness (QED) is 0.392. The van der Waals surface area contributed by atoms with Crippen molar-refractivity contribution in [3.8, 4) is 0 Å². The van der Waals surface area contributed by atoms with Crippen molar-refractivity contribution in [2.75, 3.05) is 19.8 Å². The SMILES string of the molecule is Cc1ccc(S(=O)(=O)N(C[C@@H](O)[C@H](Cc2ccccc2)NC(=O)O[C@H]2CO[C@H]3OCC[C@H]32)OC2CCCC2)cc1. The molecule has 2 heterocycles. The van der Waals surface area contributed by atoms with Crippen molar-refractivity contribution in [3.05, 3.63) is 65.7 Å². The fourth-order valence-corrected chi connectivity index (χ4v) is 6.79. The van der Waals surface area contributed by atoms with Crippen LogP contribution in [0.2, 0.25) is 0 Å². The van der Waals surface area contributed by atoms with E-state index in [2.05, 4.69) is 5.32 Å². The van der Waals surface area contributed by atoms with E-state index in [-0.39, 0.29) is 42.8 Å². The van der Waals surface area contributed by atoms with Crippen LogP contribution in [-0.4, -0.2) is 74.5 Å². The largest absolute Gasteiger partial charge is 0.443 e. The van der Waals surface area contributed by atoms with Gasteiger partial charge in [0.05, 0.1) is 48.8 Å². The first kappa shape index (κ1) is 29.0. The van der Waals surface area contributed by atoms with Crippen molar-refractivity contribution in [2.45, 2.75) is 81.0 Å². The first-order chi connectivity index (χ1) is 19.3. The summed E-state index contributed by atoms with van der Waals surface area (Å²) < 4.78 is 45.0. The normalized spacial score (nSPS) is 24.6. The van der Waals surface area contributed by atoms with Gasteiger partial charge in [-0.2, -0.15) is 0 Å². The molecule has 1 amide bonds. The van der Waals surface area contributed by atoms with E-state index in [0.717, 1.165) is 47.7 Å². The molecule has 10 nitrogen and oxygen atoms in total. The van der Waals surface area contributed by atoms with Crippen LogP contribution in [0.1, 0.15) is 43.2 Å². The minimum Gasteiger partial charge on any atom is -0.443 e. The highest BCUT2D eigenvalue weighted by molar-refractivity contribution is 7.89. The highest BCUT2D eigenvalue weighted by Crippen LogP contribution is 2.33.